The fraction of sp³-hybridized carbons (Fsp3) is 0.158. The second-order valence-corrected chi connectivity index (χ2v) is 6.74. The molecule has 4 rings (SSSR count). The Balaban J connectivity index is 1.99. The van der Waals surface area contributed by atoms with Gasteiger partial charge >= 0.3 is 0 Å². The van der Waals surface area contributed by atoms with Gasteiger partial charge in [0.05, 0.1) is 17.0 Å². The molecule has 1 aromatic heterocycles. The highest BCUT2D eigenvalue weighted by Crippen LogP contribution is 2.32. The molecular formula is C19H14BrNO3. The second kappa shape index (κ2) is 5.60. The first-order valence-corrected chi connectivity index (χ1v) is 8.53. The summed E-state index contributed by atoms with van der Waals surface area (Å²) in [6.45, 7) is 2.03. The van der Waals surface area contributed by atoms with Crippen molar-refractivity contribution in [2.24, 2.45) is 0 Å². The first kappa shape index (κ1) is 15.1. The Bertz CT molecular complexity index is 1040. The van der Waals surface area contributed by atoms with Gasteiger partial charge in [-0.15, -0.1) is 0 Å². The Hall–Kier alpha value is -2.40. The summed E-state index contributed by atoms with van der Waals surface area (Å²) < 4.78 is 6.64. The third kappa shape index (κ3) is 2.27. The number of nitrogens with one attached hydrogen (secondary N) is 1. The Morgan fingerprint density at radius 2 is 2.00 bits per heavy atom. The van der Waals surface area contributed by atoms with Gasteiger partial charge in [0.1, 0.15) is 5.58 Å². The highest BCUT2D eigenvalue weighted by atomic mass is 79.9. The largest absolute Gasteiger partial charge is 0.450 e. The smallest absolute Gasteiger partial charge is 0.288 e. The first-order chi connectivity index (χ1) is 11.6. The lowest BCUT2D eigenvalue weighted by Gasteiger charge is -2.12. The quantitative estimate of drug-likeness (QED) is 0.728. The molecule has 24 heavy (non-hydrogen) atoms. The second-order valence-electron chi connectivity index (χ2n) is 5.82. The molecule has 0 saturated heterocycles. The van der Waals surface area contributed by atoms with E-state index in [9.17, 15) is 9.59 Å². The maximum atomic E-state index is 13.0. The lowest BCUT2D eigenvalue weighted by atomic mass is 9.99. The molecule has 4 nitrogen and oxygen atoms in total. The van der Waals surface area contributed by atoms with Gasteiger partial charge in [-0.25, -0.2) is 0 Å². The maximum Gasteiger partial charge on any atom is 0.288 e. The summed E-state index contributed by atoms with van der Waals surface area (Å²) in [7, 11) is 0. The van der Waals surface area contributed by atoms with Crippen molar-refractivity contribution in [3.8, 4) is 0 Å². The Labute approximate surface area is 146 Å². The van der Waals surface area contributed by atoms with Crippen LogP contribution in [0.3, 0.4) is 0 Å². The monoisotopic (exact) mass is 383 g/mol. The molecule has 1 atom stereocenters. The molecule has 5 heteroatoms. The number of hydrogen-bond acceptors (Lipinski definition) is 3. The maximum absolute atomic E-state index is 13.0. The van der Waals surface area contributed by atoms with Crippen molar-refractivity contribution in [2.45, 2.75) is 19.4 Å². The molecule has 1 amide bonds. The van der Waals surface area contributed by atoms with Crippen LogP contribution in [-0.4, -0.2) is 5.91 Å². The molecular weight excluding hydrogens is 370 g/mol. The van der Waals surface area contributed by atoms with E-state index in [1.807, 2.05) is 43.3 Å². The number of halogens is 1. The zero-order valence-corrected chi connectivity index (χ0v) is 14.5. The van der Waals surface area contributed by atoms with Crippen LogP contribution in [0, 0.1) is 0 Å². The zero-order chi connectivity index (χ0) is 16.8. The van der Waals surface area contributed by atoms with Gasteiger partial charge in [0.2, 0.25) is 5.76 Å². The van der Waals surface area contributed by atoms with E-state index in [0.717, 1.165) is 22.0 Å². The van der Waals surface area contributed by atoms with Crippen LogP contribution >= 0.6 is 15.9 Å². The Morgan fingerprint density at radius 1 is 1.17 bits per heavy atom. The predicted molar refractivity (Wildman–Crippen MR) is 95.3 cm³/mol. The van der Waals surface area contributed by atoms with Crippen molar-refractivity contribution < 1.29 is 9.21 Å². The molecule has 0 aliphatic carbocycles. The van der Waals surface area contributed by atoms with E-state index < -0.39 is 6.04 Å². The lowest BCUT2D eigenvalue weighted by molar-refractivity contribution is 0.0938. The van der Waals surface area contributed by atoms with Crippen LogP contribution in [0.5, 0.6) is 0 Å². The molecule has 0 saturated carbocycles. The number of benzene rings is 2. The molecule has 120 valence electrons. The van der Waals surface area contributed by atoms with Gasteiger partial charge in [0, 0.05) is 4.47 Å². The van der Waals surface area contributed by atoms with Gasteiger partial charge in [0.15, 0.2) is 5.43 Å². The lowest BCUT2D eigenvalue weighted by Crippen LogP contribution is -2.21. The van der Waals surface area contributed by atoms with E-state index in [0.29, 0.717) is 16.5 Å². The fourth-order valence-corrected chi connectivity index (χ4v) is 3.53. The van der Waals surface area contributed by atoms with Crippen LogP contribution < -0.4 is 10.7 Å². The third-order valence-electron chi connectivity index (χ3n) is 4.35. The van der Waals surface area contributed by atoms with Crippen molar-refractivity contribution in [3.63, 3.8) is 0 Å². The average Bonchev–Trinajstić information content (AvgIpc) is 2.92. The van der Waals surface area contributed by atoms with Crippen molar-refractivity contribution in [1.29, 1.82) is 0 Å². The number of hydrogen-bond donors (Lipinski definition) is 1. The topological polar surface area (TPSA) is 59.3 Å². The number of fused-ring (bicyclic) bond motifs is 2. The van der Waals surface area contributed by atoms with E-state index in [2.05, 4.69) is 21.2 Å². The highest BCUT2D eigenvalue weighted by molar-refractivity contribution is 9.10. The molecule has 0 bridgehead atoms. The van der Waals surface area contributed by atoms with Crippen LogP contribution in [0.1, 0.15) is 40.2 Å². The summed E-state index contributed by atoms with van der Waals surface area (Å²) in [5.41, 5.74) is 2.59. The molecule has 0 fully saturated rings. The van der Waals surface area contributed by atoms with E-state index in [-0.39, 0.29) is 17.1 Å². The predicted octanol–water partition coefficient (Wildman–Crippen LogP) is 3.95. The number of aryl methyl sites for hydroxylation is 1. The number of carbonyl (C=O) groups excluding carboxylic acids is 1. The normalized spacial score (nSPS) is 16.2. The number of amides is 1. The standard InChI is InChI=1S/C19H14BrNO3/c1-2-10-6-7-14-13(8-10)17(22)15-16(21-19(23)18(15)24-14)11-4-3-5-12(20)9-11/h3-9,16H,2H2,1H3,(H,21,23). The summed E-state index contributed by atoms with van der Waals surface area (Å²) in [6, 6.07) is 12.6. The van der Waals surface area contributed by atoms with Gasteiger partial charge in [-0.1, -0.05) is 41.1 Å². The first-order valence-electron chi connectivity index (χ1n) is 7.74. The van der Waals surface area contributed by atoms with Crippen molar-refractivity contribution >= 4 is 32.8 Å². The van der Waals surface area contributed by atoms with Crippen molar-refractivity contribution in [1.82, 2.24) is 5.32 Å². The minimum atomic E-state index is -0.490. The number of rotatable bonds is 2. The van der Waals surface area contributed by atoms with Gasteiger partial charge < -0.3 is 9.73 Å². The van der Waals surface area contributed by atoms with Crippen molar-refractivity contribution in [3.05, 3.63) is 79.6 Å². The van der Waals surface area contributed by atoms with Crippen LogP contribution in [0.15, 0.2) is 56.1 Å². The highest BCUT2D eigenvalue weighted by Gasteiger charge is 2.35. The van der Waals surface area contributed by atoms with Crippen molar-refractivity contribution in [2.75, 3.05) is 0 Å². The summed E-state index contributed by atoms with van der Waals surface area (Å²) in [5.74, 6) is -0.240. The van der Waals surface area contributed by atoms with Gasteiger partial charge in [0.25, 0.3) is 5.91 Å². The van der Waals surface area contributed by atoms with Crippen LogP contribution in [-0.2, 0) is 6.42 Å². The summed E-state index contributed by atoms with van der Waals surface area (Å²) in [5, 5.41) is 3.37. The molecule has 0 spiro atoms. The summed E-state index contributed by atoms with van der Waals surface area (Å²) in [4.78, 5) is 25.3. The van der Waals surface area contributed by atoms with Crippen LogP contribution in [0.4, 0.5) is 0 Å². The average molecular weight is 384 g/mol. The summed E-state index contributed by atoms with van der Waals surface area (Å²) in [6.07, 6.45) is 0.832. The van der Waals surface area contributed by atoms with E-state index in [1.54, 1.807) is 6.07 Å². The Kier molecular flexibility index (Phi) is 3.53. The van der Waals surface area contributed by atoms with Gasteiger partial charge in [-0.05, 0) is 41.8 Å². The molecule has 1 N–H and O–H groups in total. The Morgan fingerprint density at radius 3 is 2.75 bits per heavy atom. The van der Waals surface area contributed by atoms with Gasteiger partial charge in [-0.2, -0.15) is 0 Å². The minimum Gasteiger partial charge on any atom is -0.450 e. The fourth-order valence-electron chi connectivity index (χ4n) is 3.11. The molecule has 0 radical (unpaired) electrons. The molecule has 1 aliphatic rings. The number of carbonyl (C=O) groups is 1. The molecule has 2 aromatic carbocycles. The van der Waals surface area contributed by atoms with E-state index >= 15 is 0 Å². The van der Waals surface area contributed by atoms with E-state index in [1.165, 1.54) is 0 Å². The zero-order valence-electron chi connectivity index (χ0n) is 12.9. The minimum absolute atomic E-state index is 0.113. The van der Waals surface area contributed by atoms with Gasteiger partial charge in [-0.3, -0.25) is 9.59 Å². The van der Waals surface area contributed by atoms with Crippen LogP contribution in [0.25, 0.3) is 11.0 Å². The molecule has 3 aromatic rings. The SMILES string of the molecule is CCc1ccc2oc3c(c(=O)c2c1)C(c1cccc(Br)c1)NC3=O. The molecule has 1 unspecified atom stereocenters. The van der Waals surface area contributed by atoms with E-state index in [4.69, 9.17) is 4.42 Å². The third-order valence-corrected chi connectivity index (χ3v) is 4.84. The molecule has 1 aliphatic heterocycles. The van der Waals surface area contributed by atoms with Crippen LogP contribution in [0.2, 0.25) is 0 Å². The summed E-state index contributed by atoms with van der Waals surface area (Å²) >= 11 is 3.43. The molecule has 2 heterocycles.